The second-order valence-electron chi connectivity index (χ2n) is 5.88. The third kappa shape index (κ3) is 3.79. The fourth-order valence-electron chi connectivity index (χ4n) is 3.17. The van der Waals surface area contributed by atoms with Gasteiger partial charge in [0.15, 0.2) is 0 Å². The number of nitrogens with zero attached hydrogens (tertiary/aromatic N) is 2. The van der Waals surface area contributed by atoms with Crippen LogP contribution >= 0.6 is 11.8 Å². The van der Waals surface area contributed by atoms with Crippen LogP contribution in [0.3, 0.4) is 0 Å². The summed E-state index contributed by atoms with van der Waals surface area (Å²) in [5, 5.41) is 7.82. The molecule has 3 unspecified atom stereocenters. The number of aromatic nitrogens is 2. The van der Waals surface area contributed by atoms with E-state index in [1.54, 1.807) is 0 Å². The lowest BCUT2D eigenvalue weighted by Gasteiger charge is -2.29. The van der Waals surface area contributed by atoms with Crippen molar-refractivity contribution in [3.8, 4) is 0 Å². The lowest BCUT2D eigenvalue weighted by Crippen LogP contribution is -2.37. The number of nitrogens with one attached hydrogen (secondary N) is 1. The number of ether oxygens (including phenoxy) is 1. The van der Waals surface area contributed by atoms with Gasteiger partial charge in [0.25, 0.3) is 0 Å². The van der Waals surface area contributed by atoms with Gasteiger partial charge in [-0.15, -0.1) is 0 Å². The lowest BCUT2D eigenvalue weighted by molar-refractivity contribution is 0.0677. The quantitative estimate of drug-likeness (QED) is 0.902. The van der Waals surface area contributed by atoms with Crippen LogP contribution in [0.1, 0.15) is 62.8 Å². The van der Waals surface area contributed by atoms with Crippen LogP contribution in [0.2, 0.25) is 0 Å². The van der Waals surface area contributed by atoms with Gasteiger partial charge < -0.3 is 14.6 Å². The molecular formula is C15H25N3O2S. The van der Waals surface area contributed by atoms with Gasteiger partial charge in [-0.25, -0.2) is 0 Å². The zero-order valence-corrected chi connectivity index (χ0v) is 13.5. The lowest BCUT2D eigenvalue weighted by atomic mass is 9.84. The molecule has 1 N–H and O–H groups in total. The Kier molecular flexibility index (Phi) is 5.55. The highest BCUT2D eigenvalue weighted by Crippen LogP contribution is 2.33. The largest absolute Gasteiger partial charge is 0.368 e. The van der Waals surface area contributed by atoms with Crippen molar-refractivity contribution in [2.75, 3.05) is 24.7 Å². The first-order valence-electron chi connectivity index (χ1n) is 8.14. The molecule has 1 aliphatic carbocycles. The molecule has 1 aromatic heterocycles. The Bertz CT molecular complexity index is 434. The molecule has 6 heteroatoms. The van der Waals surface area contributed by atoms with Gasteiger partial charge in [0.2, 0.25) is 11.7 Å². The van der Waals surface area contributed by atoms with Crippen molar-refractivity contribution < 1.29 is 9.26 Å². The third-order valence-corrected chi connectivity index (χ3v) is 5.29. The number of rotatable bonds is 5. The predicted molar refractivity (Wildman–Crippen MR) is 83.6 cm³/mol. The number of hydrogen-bond acceptors (Lipinski definition) is 6. The fraction of sp³-hybridized carbons (Fsp3) is 0.867. The Labute approximate surface area is 130 Å². The summed E-state index contributed by atoms with van der Waals surface area (Å²) in [6, 6.07) is 0.480. The van der Waals surface area contributed by atoms with E-state index in [-0.39, 0.29) is 6.10 Å². The molecule has 0 spiro atoms. The molecular weight excluding hydrogens is 286 g/mol. The van der Waals surface area contributed by atoms with Crippen LogP contribution in [0.4, 0.5) is 0 Å². The minimum Gasteiger partial charge on any atom is -0.368 e. The second-order valence-corrected chi connectivity index (χ2v) is 7.03. The van der Waals surface area contributed by atoms with E-state index in [0.29, 0.717) is 12.0 Å². The summed E-state index contributed by atoms with van der Waals surface area (Å²) in [6.45, 7) is 4.04. The van der Waals surface area contributed by atoms with Crippen LogP contribution in [0, 0.1) is 0 Å². The predicted octanol–water partition coefficient (Wildman–Crippen LogP) is 2.90. The molecule has 2 fully saturated rings. The maximum Gasteiger partial charge on any atom is 0.231 e. The minimum absolute atomic E-state index is 0.00638. The van der Waals surface area contributed by atoms with Crippen molar-refractivity contribution in [2.24, 2.45) is 0 Å². The van der Waals surface area contributed by atoms with Gasteiger partial charge in [-0.05, 0) is 25.8 Å². The van der Waals surface area contributed by atoms with Gasteiger partial charge in [0.1, 0.15) is 6.10 Å². The molecule has 0 amide bonds. The maximum atomic E-state index is 5.73. The number of thioether (sulfide) groups is 1. The van der Waals surface area contributed by atoms with Crippen molar-refractivity contribution in [1.29, 1.82) is 0 Å². The Balaban J connectivity index is 1.67. The first-order chi connectivity index (χ1) is 10.4. The van der Waals surface area contributed by atoms with Gasteiger partial charge in [-0.3, -0.25) is 0 Å². The fourth-order valence-corrected chi connectivity index (χ4v) is 4.01. The van der Waals surface area contributed by atoms with Crippen LogP contribution in [0.25, 0.3) is 0 Å². The molecule has 0 bridgehead atoms. The minimum atomic E-state index is 0.00638. The maximum absolute atomic E-state index is 5.73. The molecule has 3 rings (SSSR count). The zero-order chi connectivity index (χ0) is 14.5. The molecule has 2 aliphatic rings. The highest BCUT2D eigenvalue weighted by molar-refractivity contribution is 7.99. The molecule has 1 saturated carbocycles. The van der Waals surface area contributed by atoms with Crippen LogP contribution in [0.5, 0.6) is 0 Å². The summed E-state index contributed by atoms with van der Waals surface area (Å²) < 4.78 is 11.3. The van der Waals surface area contributed by atoms with Gasteiger partial charge in [-0.1, -0.05) is 24.9 Å². The Morgan fingerprint density at radius 3 is 3.05 bits per heavy atom. The van der Waals surface area contributed by atoms with Crippen LogP contribution in [0.15, 0.2) is 4.52 Å². The van der Waals surface area contributed by atoms with Crippen molar-refractivity contribution in [2.45, 2.75) is 57.1 Å². The summed E-state index contributed by atoms with van der Waals surface area (Å²) in [5.41, 5.74) is 0. The topological polar surface area (TPSA) is 60.2 Å². The molecule has 21 heavy (non-hydrogen) atoms. The third-order valence-electron chi connectivity index (χ3n) is 4.30. The van der Waals surface area contributed by atoms with Crippen molar-refractivity contribution in [1.82, 2.24) is 15.5 Å². The summed E-state index contributed by atoms with van der Waals surface area (Å²) in [4.78, 5) is 4.66. The summed E-state index contributed by atoms with van der Waals surface area (Å²) in [5.74, 6) is 3.89. The van der Waals surface area contributed by atoms with E-state index in [4.69, 9.17) is 9.26 Å². The van der Waals surface area contributed by atoms with E-state index in [0.717, 1.165) is 49.2 Å². The molecule has 5 nitrogen and oxygen atoms in total. The first-order valence-corrected chi connectivity index (χ1v) is 9.30. The Morgan fingerprint density at radius 2 is 2.24 bits per heavy atom. The second kappa shape index (κ2) is 7.61. The van der Waals surface area contributed by atoms with E-state index >= 15 is 0 Å². The highest BCUT2D eigenvalue weighted by atomic mass is 32.2. The van der Waals surface area contributed by atoms with Gasteiger partial charge in [0, 0.05) is 17.5 Å². The Hall–Kier alpha value is -0.590. The van der Waals surface area contributed by atoms with Gasteiger partial charge in [-0.2, -0.15) is 16.7 Å². The molecule has 0 radical (unpaired) electrons. The molecule has 2 heterocycles. The van der Waals surface area contributed by atoms with E-state index < -0.39 is 0 Å². The molecule has 1 aromatic rings. The first kappa shape index (κ1) is 15.3. The molecule has 118 valence electrons. The zero-order valence-electron chi connectivity index (χ0n) is 12.7. The van der Waals surface area contributed by atoms with Gasteiger partial charge >= 0.3 is 0 Å². The van der Waals surface area contributed by atoms with Crippen molar-refractivity contribution >= 4 is 11.8 Å². The van der Waals surface area contributed by atoms with Crippen molar-refractivity contribution in [3.05, 3.63) is 11.7 Å². The summed E-state index contributed by atoms with van der Waals surface area (Å²) in [7, 11) is 0. The average molecular weight is 311 g/mol. The normalized spacial score (nSPS) is 30.4. The molecule has 0 aromatic carbocycles. The summed E-state index contributed by atoms with van der Waals surface area (Å²) in [6.07, 6.45) is 6.06. The molecule has 1 aliphatic heterocycles. The molecule has 3 atom stereocenters. The van der Waals surface area contributed by atoms with Gasteiger partial charge in [0.05, 0.1) is 12.5 Å². The molecule has 1 saturated heterocycles. The van der Waals surface area contributed by atoms with E-state index in [1.165, 1.54) is 19.3 Å². The Morgan fingerprint density at radius 1 is 1.33 bits per heavy atom. The van der Waals surface area contributed by atoms with Crippen molar-refractivity contribution in [3.63, 3.8) is 0 Å². The van der Waals surface area contributed by atoms with E-state index in [2.05, 4.69) is 22.4 Å². The monoisotopic (exact) mass is 311 g/mol. The highest BCUT2D eigenvalue weighted by Gasteiger charge is 2.32. The smallest absolute Gasteiger partial charge is 0.231 e. The average Bonchev–Trinajstić information content (AvgIpc) is 3.04. The van der Waals surface area contributed by atoms with Crippen LogP contribution < -0.4 is 5.32 Å². The standard InChI is InChI=1S/C15H25N3O2S/c1-2-7-16-12-6-4-3-5-11(12)15-17-14(18-20-15)13-10-21-9-8-19-13/h11-13,16H,2-10H2,1H3. The summed E-state index contributed by atoms with van der Waals surface area (Å²) >= 11 is 1.90. The SMILES string of the molecule is CCCNC1CCCCC1c1nc(C2CSCCO2)no1. The number of hydrogen-bond donors (Lipinski definition) is 1. The van der Waals surface area contributed by atoms with E-state index in [9.17, 15) is 0 Å². The van der Waals surface area contributed by atoms with Crippen LogP contribution in [-0.4, -0.2) is 40.8 Å². The van der Waals surface area contributed by atoms with E-state index in [1.807, 2.05) is 11.8 Å². The van der Waals surface area contributed by atoms with Crippen LogP contribution in [-0.2, 0) is 4.74 Å².